The maximum atomic E-state index is 13.0. The summed E-state index contributed by atoms with van der Waals surface area (Å²) in [4.78, 5) is 8.12. The summed E-state index contributed by atoms with van der Waals surface area (Å²) in [7, 11) is -2.04. The molecule has 3 aromatic heterocycles. The van der Waals surface area contributed by atoms with Crippen molar-refractivity contribution >= 4 is 21.0 Å². The zero-order valence-corrected chi connectivity index (χ0v) is 16.1. The highest BCUT2D eigenvalue weighted by Gasteiger charge is 2.33. The van der Waals surface area contributed by atoms with Gasteiger partial charge in [-0.2, -0.15) is 23.0 Å². The molecule has 0 atom stereocenters. The van der Waals surface area contributed by atoms with Gasteiger partial charge in [-0.3, -0.25) is 4.57 Å². The van der Waals surface area contributed by atoms with Gasteiger partial charge in [0.2, 0.25) is 5.95 Å². The molecule has 3 heterocycles. The third-order valence-electron chi connectivity index (χ3n) is 4.99. The summed E-state index contributed by atoms with van der Waals surface area (Å²) in [6.07, 6.45) is -0.760. The number of fused-ring (bicyclic) bond motifs is 2. The Balaban J connectivity index is 1.98. The van der Waals surface area contributed by atoms with E-state index in [0.717, 1.165) is 25.1 Å². The maximum absolute atomic E-state index is 13.0. The number of nitrogens with zero attached hydrogens (tertiary/aromatic N) is 5. The Kier molecular flexibility index (Phi) is 4.25. The Morgan fingerprint density at radius 3 is 2.61 bits per heavy atom. The van der Waals surface area contributed by atoms with E-state index in [1.807, 2.05) is 0 Å². The first-order valence-electron chi connectivity index (χ1n) is 8.87. The van der Waals surface area contributed by atoms with Gasteiger partial charge in [0, 0.05) is 18.8 Å². The van der Waals surface area contributed by atoms with Crippen molar-refractivity contribution in [3.8, 4) is 5.95 Å². The van der Waals surface area contributed by atoms with Gasteiger partial charge in [-0.05, 0) is 31.7 Å². The van der Waals surface area contributed by atoms with Crippen molar-refractivity contribution in [2.45, 2.75) is 43.8 Å². The second-order valence-electron chi connectivity index (χ2n) is 6.79. The molecule has 7 nitrogen and oxygen atoms in total. The van der Waals surface area contributed by atoms with Crippen LogP contribution in [0.15, 0.2) is 17.3 Å². The Morgan fingerprint density at radius 2 is 1.93 bits per heavy atom. The Labute approximate surface area is 159 Å². The third-order valence-corrected chi connectivity index (χ3v) is 6.76. The van der Waals surface area contributed by atoms with Crippen LogP contribution in [-0.4, -0.2) is 38.5 Å². The summed E-state index contributed by atoms with van der Waals surface area (Å²) >= 11 is 0. The monoisotopic (exact) mass is 413 g/mol. The van der Waals surface area contributed by atoms with Crippen molar-refractivity contribution in [1.29, 1.82) is 0 Å². The minimum atomic E-state index is -4.54. The fourth-order valence-corrected chi connectivity index (χ4v) is 4.78. The molecular formula is C17H18F3N5O2S. The molecule has 0 aliphatic heterocycles. The molecule has 4 rings (SSSR count). The highest BCUT2D eigenvalue weighted by atomic mass is 32.2. The Hall–Kier alpha value is -2.43. The largest absolute Gasteiger partial charge is 0.417 e. The van der Waals surface area contributed by atoms with Crippen LogP contribution in [0.5, 0.6) is 0 Å². The van der Waals surface area contributed by atoms with Crippen molar-refractivity contribution in [2.24, 2.45) is 7.05 Å². The topological polar surface area (TPSA) is 82.7 Å². The zero-order valence-electron chi connectivity index (χ0n) is 15.3. The first-order chi connectivity index (χ1) is 13.1. The number of alkyl halides is 3. The van der Waals surface area contributed by atoms with Crippen LogP contribution in [-0.2, 0) is 35.9 Å². The molecule has 0 unspecified atom stereocenters. The minimum Gasteiger partial charge on any atom is -0.296 e. The summed E-state index contributed by atoms with van der Waals surface area (Å²) in [5.41, 5.74) is 0.723. The lowest BCUT2D eigenvalue weighted by Gasteiger charge is -2.11. The lowest BCUT2D eigenvalue weighted by molar-refractivity contribution is -0.137. The fourth-order valence-electron chi connectivity index (χ4n) is 3.52. The van der Waals surface area contributed by atoms with E-state index in [1.54, 1.807) is 14.0 Å². The van der Waals surface area contributed by atoms with Gasteiger partial charge in [-0.25, -0.2) is 18.4 Å². The summed E-state index contributed by atoms with van der Waals surface area (Å²) in [5, 5.41) is 4.55. The van der Waals surface area contributed by atoms with E-state index < -0.39 is 21.6 Å². The standard InChI is InChI=1S/C17H18F3N5O2S/c1-3-28(26,27)15-11-6-4-5-7-12(11)23-25(15)16-22-13-8-10(17(18,19)20)9-21-14(13)24(16)2/h8-9H,3-7H2,1-2H3. The predicted molar refractivity (Wildman–Crippen MR) is 95.0 cm³/mol. The average molecular weight is 413 g/mol. The van der Waals surface area contributed by atoms with Crippen molar-refractivity contribution in [2.75, 3.05) is 5.75 Å². The number of aromatic nitrogens is 5. The van der Waals surface area contributed by atoms with E-state index in [1.165, 1.54) is 9.25 Å². The SMILES string of the molecule is CCS(=O)(=O)c1c2c(nn1-c1nc3cc(C(F)(F)F)cnc3n1C)CCCC2. The molecule has 0 N–H and O–H groups in total. The summed E-state index contributed by atoms with van der Waals surface area (Å²) < 4.78 is 67.3. The van der Waals surface area contributed by atoms with Crippen LogP contribution in [0.25, 0.3) is 17.1 Å². The van der Waals surface area contributed by atoms with E-state index in [9.17, 15) is 21.6 Å². The molecule has 3 aromatic rings. The second-order valence-corrected chi connectivity index (χ2v) is 8.98. The van der Waals surface area contributed by atoms with Crippen molar-refractivity contribution in [1.82, 2.24) is 24.3 Å². The normalized spacial score (nSPS) is 15.2. The van der Waals surface area contributed by atoms with Gasteiger partial charge in [0.25, 0.3) is 0 Å². The molecule has 0 bridgehead atoms. The number of imidazole rings is 1. The van der Waals surface area contributed by atoms with E-state index in [-0.39, 0.29) is 27.9 Å². The van der Waals surface area contributed by atoms with Gasteiger partial charge in [0.1, 0.15) is 5.52 Å². The number of rotatable bonds is 3. The minimum absolute atomic E-state index is 0.0284. The van der Waals surface area contributed by atoms with Crippen molar-refractivity contribution < 1.29 is 21.6 Å². The van der Waals surface area contributed by atoms with Gasteiger partial charge < -0.3 is 0 Å². The highest BCUT2D eigenvalue weighted by molar-refractivity contribution is 7.91. The van der Waals surface area contributed by atoms with E-state index >= 15 is 0 Å². The number of sulfone groups is 1. The number of halogens is 3. The summed E-state index contributed by atoms with van der Waals surface area (Å²) in [5.74, 6) is 0.0224. The number of pyridine rings is 1. The van der Waals surface area contributed by atoms with Crippen LogP contribution >= 0.6 is 0 Å². The van der Waals surface area contributed by atoms with Gasteiger partial charge in [0.15, 0.2) is 20.5 Å². The molecule has 0 spiro atoms. The molecule has 1 aliphatic rings. The zero-order chi connectivity index (χ0) is 20.3. The van der Waals surface area contributed by atoms with E-state index in [0.29, 0.717) is 24.1 Å². The number of hydrogen-bond acceptors (Lipinski definition) is 5. The first-order valence-corrected chi connectivity index (χ1v) is 10.5. The third kappa shape index (κ3) is 2.88. The van der Waals surface area contributed by atoms with Crippen LogP contribution in [0, 0.1) is 0 Å². The second kappa shape index (κ2) is 6.29. The van der Waals surface area contributed by atoms with Gasteiger partial charge in [-0.15, -0.1) is 0 Å². The lowest BCUT2D eigenvalue weighted by Crippen LogP contribution is -2.16. The molecule has 0 fully saturated rings. The molecule has 1 aliphatic carbocycles. The molecule has 0 aromatic carbocycles. The van der Waals surface area contributed by atoms with Gasteiger partial charge >= 0.3 is 6.18 Å². The lowest BCUT2D eigenvalue weighted by atomic mass is 9.99. The number of hydrogen-bond donors (Lipinski definition) is 0. The molecule has 0 saturated heterocycles. The molecular weight excluding hydrogens is 395 g/mol. The van der Waals surface area contributed by atoms with E-state index in [4.69, 9.17) is 0 Å². The molecule has 28 heavy (non-hydrogen) atoms. The maximum Gasteiger partial charge on any atom is 0.417 e. The Morgan fingerprint density at radius 1 is 1.21 bits per heavy atom. The predicted octanol–water partition coefficient (Wildman–Crippen LogP) is 2.85. The van der Waals surface area contributed by atoms with E-state index in [2.05, 4.69) is 15.1 Å². The van der Waals surface area contributed by atoms with Crippen LogP contribution in [0.1, 0.15) is 36.6 Å². The molecule has 150 valence electrons. The van der Waals surface area contributed by atoms with Gasteiger partial charge in [-0.1, -0.05) is 6.92 Å². The molecule has 0 saturated carbocycles. The molecule has 0 amide bonds. The van der Waals surface area contributed by atoms with Gasteiger partial charge in [0.05, 0.1) is 17.0 Å². The fraction of sp³-hybridized carbons (Fsp3) is 0.471. The molecule has 11 heteroatoms. The molecule has 0 radical (unpaired) electrons. The van der Waals surface area contributed by atoms with Crippen molar-refractivity contribution in [3.63, 3.8) is 0 Å². The Bertz CT molecular complexity index is 1180. The first kappa shape index (κ1) is 18.9. The van der Waals surface area contributed by atoms with Crippen molar-refractivity contribution in [3.05, 3.63) is 29.1 Å². The number of aryl methyl sites for hydroxylation is 2. The smallest absolute Gasteiger partial charge is 0.296 e. The van der Waals surface area contributed by atoms with Crippen LogP contribution in [0.2, 0.25) is 0 Å². The van der Waals surface area contributed by atoms with Crippen LogP contribution in [0.4, 0.5) is 13.2 Å². The summed E-state index contributed by atoms with van der Waals surface area (Å²) in [6.45, 7) is 1.55. The van der Waals surface area contributed by atoms with Crippen LogP contribution < -0.4 is 0 Å². The quantitative estimate of drug-likeness (QED) is 0.659. The summed E-state index contributed by atoms with van der Waals surface area (Å²) in [6, 6.07) is 0.906. The highest BCUT2D eigenvalue weighted by Crippen LogP contribution is 2.33. The average Bonchev–Trinajstić information content (AvgIpc) is 3.19. The van der Waals surface area contributed by atoms with Crippen LogP contribution in [0.3, 0.4) is 0 Å².